The second-order valence-corrected chi connectivity index (χ2v) is 4.14. The van der Waals surface area contributed by atoms with E-state index in [4.69, 9.17) is 5.11 Å². The largest absolute Gasteiger partial charge is 0.395 e. The van der Waals surface area contributed by atoms with Gasteiger partial charge in [-0.05, 0) is 31.7 Å². The van der Waals surface area contributed by atoms with Gasteiger partial charge in [-0.15, -0.1) is 0 Å². The Bertz CT molecular complexity index is 478. The second-order valence-electron chi connectivity index (χ2n) is 4.14. The molecule has 0 fully saturated rings. The summed E-state index contributed by atoms with van der Waals surface area (Å²) in [5.41, 5.74) is 3.34. The lowest BCUT2D eigenvalue weighted by molar-refractivity contribution is 0.216. The van der Waals surface area contributed by atoms with Gasteiger partial charge in [-0.2, -0.15) is 0 Å². The number of aliphatic hydroxyl groups excluding tert-OH is 1. The van der Waals surface area contributed by atoms with E-state index in [0.717, 1.165) is 17.9 Å². The summed E-state index contributed by atoms with van der Waals surface area (Å²) in [4.78, 5) is 6.44. The Morgan fingerprint density at radius 3 is 3.06 bits per heavy atom. The van der Waals surface area contributed by atoms with E-state index < -0.39 is 0 Å². The molecule has 2 heterocycles. The van der Waals surface area contributed by atoms with E-state index in [9.17, 15) is 0 Å². The molecule has 0 unspecified atom stereocenters. The van der Waals surface area contributed by atoms with Crippen molar-refractivity contribution in [3.8, 4) is 0 Å². The predicted octanol–water partition coefficient (Wildman–Crippen LogP) is 1.07. The molecule has 86 valence electrons. The third-order valence-electron chi connectivity index (χ3n) is 2.66. The average molecular weight is 219 g/mol. The molecule has 2 aromatic heterocycles. The van der Waals surface area contributed by atoms with Crippen LogP contribution in [0.1, 0.15) is 11.3 Å². The lowest BCUT2D eigenvalue weighted by Gasteiger charge is -2.14. The summed E-state index contributed by atoms with van der Waals surface area (Å²) in [6.45, 7) is 3.72. The highest BCUT2D eigenvalue weighted by Crippen LogP contribution is 2.10. The number of pyridine rings is 1. The number of imidazole rings is 1. The molecule has 0 saturated heterocycles. The number of nitrogens with zero attached hydrogens (tertiary/aromatic N) is 3. The van der Waals surface area contributed by atoms with E-state index in [2.05, 4.69) is 33.3 Å². The van der Waals surface area contributed by atoms with Crippen LogP contribution in [0.2, 0.25) is 0 Å². The minimum absolute atomic E-state index is 0.187. The Balaban J connectivity index is 2.25. The van der Waals surface area contributed by atoms with Crippen LogP contribution in [0.25, 0.3) is 5.65 Å². The van der Waals surface area contributed by atoms with E-state index in [0.29, 0.717) is 6.54 Å². The maximum absolute atomic E-state index is 8.85. The van der Waals surface area contributed by atoms with E-state index in [1.54, 1.807) is 0 Å². The quantitative estimate of drug-likeness (QED) is 0.836. The Morgan fingerprint density at radius 1 is 1.50 bits per heavy atom. The van der Waals surface area contributed by atoms with Crippen molar-refractivity contribution in [1.82, 2.24) is 14.3 Å². The lowest BCUT2D eigenvalue weighted by Crippen LogP contribution is -2.22. The molecule has 0 amide bonds. The minimum atomic E-state index is 0.187. The third kappa shape index (κ3) is 2.23. The van der Waals surface area contributed by atoms with Crippen molar-refractivity contribution in [1.29, 1.82) is 0 Å². The number of hydrogen-bond donors (Lipinski definition) is 1. The summed E-state index contributed by atoms with van der Waals surface area (Å²) in [6, 6.07) is 4.14. The van der Waals surface area contributed by atoms with E-state index in [1.807, 2.05) is 19.4 Å². The van der Waals surface area contributed by atoms with E-state index >= 15 is 0 Å². The molecule has 2 aromatic rings. The van der Waals surface area contributed by atoms with Crippen LogP contribution in [0.5, 0.6) is 0 Å². The molecule has 0 bridgehead atoms. The van der Waals surface area contributed by atoms with Gasteiger partial charge in [0.1, 0.15) is 5.65 Å². The fraction of sp³-hybridized carbons (Fsp3) is 0.417. The molecule has 0 saturated carbocycles. The number of hydrogen-bond acceptors (Lipinski definition) is 3. The van der Waals surface area contributed by atoms with Crippen LogP contribution in [0.4, 0.5) is 0 Å². The topological polar surface area (TPSA) is 40.8 Å². The zero-order chi connectivity index (χ0) is 11.5. The van der Waals surface area contributed by atoms with Crippen molar-refractivity contribution in [2.75, 3.05) is 20.2 Å². The van der Waals surface area contributed by atoms with Gasteiger partial charge in [0.25, 0.3) is 0 Å². The zero-order valence-corrected chi connectivity index (χ0v) is 9.72. The van der Waals surface area contributed by atoms with Crippen LogP contribution < -0.4 is 0 Å². The SMILES string of the molecule is Cc1ccn2c(CN(C)CCO)cnc2c1. The van der Waals surface area contributed by atoms with Gasteiger partial charge in [0.05, 0.1) is 18.5 Å². The van der Waals surface area contributed by atoms with Crippen molar-refractivity contribution in [2.45, 2.75) is 13.5 Å². The van der Waals surface area contributed by atoms with Crippen molar-refractivity contribution < 1.29 is 5.11 Å². The molecule has 2 rings (SSSR count). The molecule has 4 heteroatoms. The molecular formula is C12H17N3O. The van der Waals surface area contributed by atoms with Crippen LogP contribution in [0.15, 0.2) is 24.5 Å². The normalized spacial score (nSPS) is 11.5. The number of aliphatic hydroxyl groups is 1. The summed E-state index contributed by atoms with van der Waals surface area (Å²) in [6.07, 6.45) is 3.93. The number of likely N-dealkylation sites (N-methyl/N-ethyl adjacent to an activating group) is 1. The van der Waals surface area contributed by atoms with Gasteiger partial charge in [-0.1, -0.05) is 0 Å². The summed E-state index contributed by atoms with van der Waals surface area (Å²) in [5, 5.41) is 8.85. The molecule has 0 aliphatic heterocycles. The van der Waals surface area contributed by atoms with Crippen LogP contribution in [-0.2, 0) is 6.54 Å². The molecule has 0 aromatic carbocycles. The monoisotopic (exact) mass is 219 g/mol. The maximum Gasteiger partial charge on any atom is 0.137 e. The van der Waals surface area contributed by atoms with E-state index in [-0.39, 0.29) is 6.61 Å². The van der Waals surface area contributed by atoms with Gasteiger partial charge in [0.2, 0.25) is 0 Å². The first-order chi connectivity index (χ1) is 7.70. The minimum Gasteiger partial charge on any atom is -0.395 e. The Morgan fingerprint density at radius 2 is 2.31 bits per heavy atom. The standard InChI is InChI=1S/C12H17N3O/c1-10-3-4-15-11(8-13-12(15)7-10)9-14(2)5-6-16/h3-4,7-8,16H,5-6,9H2,1-2H3. The van der Waals surface area contributed by atoms with Crippen molar-refractivity contribution in [3.05, 3.63) is 35.8 Å². The lowest BCUT2D eigenvalue weighted by atomic mass is 10.3. The predicted molar refractivity (Wildman–Crippen MR) is 63.3 cm³/mol. The number of fused-ring (bicyclic) bond motifs is 1. The Hall–Kier alpha value is -1.39. The molecule has 0 atom stereocenters. The molecule has 4 nitrogen and oxygen atoms in total. The van der Waals surface area contributed by atoms with Gasteiger partial charge >= 0.3 is 0 Å². The van der Waals surface area contributed by atoms with Gasteiger partial charge in [0, 0.05) is 19.3 Å². The second kappa shape index (κ2) is 4.63. The van der Waals surface area contributed by atoms with Crippen molar-refractivity contribution >= 4 is 5.65 Å². The van der Waals surface area contributed by atoms with Gasteiger partial charge in [-0.25, -0.2) is 4.98 Å². The summed E-state index contributed by atoms with van der Waals surface area (Å²) in [7, 11) is 1.99. The average Bonchev–Trinajstić information content (AvgIpc) is 2.61. The van der Waals surface area contributed by atoms with Gasteiger partial charge in [-0.3, -0.25) is 4.90 Å². The smallest absolute Gasteiger partial charge is 0.137 e. The van der Waals surface area contributed by atoms with Crippen LogP contribution >= 0.6 is 0 Å². The summed E-state index contributed by atoms with van der Waals surface area (Å²) < 4.78 is 2.08. The number of aromatic nitrogens is 2. The first-order valence-corrected chi connectivity index (χ1v) is 5.42. The third-order valence-corrected chi connectivity index (χ3v) is 2.66. The number of aryl methyl sites for hydroxylation is 1. The molecule has 0 spiro atoms. The molecular weight excluding hydrogens is 202 g/mol. The van der Waals surface area contributed by atoms with Crippen molar-refractivity contribution in [3.63, 3.8) is 0 Å². The van der Waals surface area contributed by atoms with Gasteiger partial charge in [0.15, 0.2) is 0 Å². The fourth-order valence-electron chi connectivity index (χ4n) is 1.78. The molecule has 16 heavy (non-hydrogen) atoms. The Kier molecular flexibility index (Phi) is 3.22. The summed E-state index contributed by atoms with van der Waals surface area (Å²) in [5.74, 6) is 0. The number of rotatable bonds is 4. The maximum atomic E-state index is 8.85. The first kappa shape index (κ1) is 11.1. The molecule has 1 N–H and O–H groups in total. The van der Waals surface area contributed by atoms with Crippen LogP contribution in [-0.4, -0.2) is 39.6 Å². The highest BCUT2D eigenvalue weighted by Gasteiger charge is 2.05. The Labute approximate surface area is 95.1 Å². The van der Waals surface area contributed by atoms with Crippen LogP contribution in [0.3, 0.4) is 0 Å². The zero-order valence-electron chi connectivity index (χ0n) is 9.72. The van der Waals surface area contributed by atoms with Gasteiger partial charge < -0.3 is 9.51 Å². The first-order valence-electron chi connectivity index (χ1n) is 5.42. The van der Waals surface area contributed by atoms with Crippen molar-refractivity contribution in [2.24, 2.45) is 0 Å². The summed E-state index contributed by atoms with van der Waals surface area (Å²) >= 11 is 0. The molecule has 0 aliphatic rings. The van der Waals surface area contributed by atoms with Crippen LogP contribution in [0, 0.1) is 6.92 Å². The fourth-order valence-corrected chi connectivity index (χ4v) is 1.78. The molecule has 0 aliphatic carbocycles. The van der Waals surface area contributed by atoms with E-state index in [1.165, 1.54) is 5.56 Å². The highest BCUT2D eigenvalue weighted by molar-refractivity contribution is 5.42. The highest BCUT2D eigenvalue weighted by atomic mass is 16.3. The molecule has 0 radical (unpaired) electrons.